The quantitative estimate of drug-likeness (QED) is 0.808. The number of rotatable bonds is 4. The van der Waals surface area contributed by atoms with E-state index in [1.54, 1.807) is 4.90 Å². The van der Waals surface area contributed by atoms with Crippen molar-refractivity contribution in [2.75, 3.05) is 13.1 Å². The second-order valence-electron chi connectivity index (χ2n) is 4.78. The van der Waals surface area contributed by atoms with E-state index in [1.807, 2.05) is 25.1 Å². The van der Waals surface area contributed by atoms with Gasteiger partial charge in [0.2, 0.25) is 5.91 Å². The van der Waals surface area contributed by atoms with Crippen molar-refractivity contribution in [3.63, 3.8) is 0 Å². The molecule has 1 aliphatic rings. The van der Waals surface area contributed by atoms with Gasteiger partial charge in [0.1, 0.15) is 0 Å². The van der Waals surface area contributed by atoms with Gasteiger partial charge in [-0.3, -0.25) is 4.79 Å². The summed E-state index contributed by atoms with van der Waals surface area (Å²) in [6.07, 6.45) is 0.421. The maximum Gasteiger partial charge on any atom is 0.222 e. The fourth-order valence-corrected chi connectivity index (χ4v) is 1.86. The number of carbonyl (C=O) groups excluding carboxylic acids is 1. The highest BCUT2D eigenvalue weighted by Crippen LogP contribution is 2.22. The topological polar surface area (TPSA) is 40.3 Å². The van der Waals surface area contributed by atoms with E-state index < -0.39 is 6.10 Å². The first-order valence-corrected chi connectivity index (χ1v) is 6.11. The molecule has 17 heavy (non-hydrogen) atoms. The number of amides is 1. The molecule has 92 valence electrons. The molecule has 0 spiro atoms. The summed E-state index contributed by atoms with van der Waals surface area (Å²) >= 11 is 0. The van der Waals surface area contributed by atoms with Crippen LogP contribution in [-0.2, 0) is 4.79 Å². The van der Waals surface area contributed by atoms with E-state index >= 15 is 0 Å². The van der Waals surface area contributed by atoms with Crippen LogP contribution in [0, 0.1) is 13.8 Å². The third kappa shape index (κ3) is 3.07. The number of hydrogen-bond donors (Lipinski definition) is 1. The molecule has 0 saturated carbocycles. The van der Waals surface area contributed by atoms with E-state index in [-0.39, 0.29) is 5.91 Å². The van der Waals surface area contributed by atoms with Crippen LogP contribution in [0.1, 0.15) is 35.6 Å². The third-order valence-electron chi connectivity index (χ3n) is 3.35. The number of carbonyl (C=O) groups is 1. The molecule has 1 N–H and O–H groups in total. The average molecular weight is 233 g/mol. The van der Waals surface area contributed by atoms with E-state index in [0.29, 0.717) is 12.8 Å². The van der Waals surface area contributed by atoms with Gasteiger partial charge in [0.25, 0.3) is 0 Å². The molecule has 1 saturated heterocycles. The number of aliphatic hydroxyl groups is 1. The van der Waals surface area contributed by atoms with Crippen LogP contribution in [-0.4, -0.2) is 29.0 Å². The molecule has 1 aromatic rings. The first kappa shape index (κ1) is 12.1. The van der Waals surface area contributed by atoms with Crippen molar-refractivity contribution in [2.45, 2.75) is 32.8 Å². The summed E-state index contributed by atoms with van der Waals surface area (Å²) < 4.78 is 0. The first-order valence-electron chi connectivity index (χ1n) is 6.11. The first-order chi connectivity index (χ1) is 8.08. The minimum atomic E-state index is -0.529. The van der Waals surface area contributed by atoms with Crippen LogP contribution in [0.25, 0.3) is 0 Å². The Hall–Kier alpha value is -1.35. The summed E-state index contributed by atoms with van der Waals surface area (Å²) in [6.45, 7) is 5.86. The van der Waals surface area contributed by atoms with Crippen molar-refractivity contribution in [3.8, 4) is 0 Å². The Kier molecular flexibility index (Phi) is 3.48. The van der Waals surface area contributed by atoms with Crippen LogP contribution in [0.15, 0.2) is 18.2 Å². The minimum absolute atomic E-state index is 0.160. The van der Waals surface area contributed by atoms with Crippen molar-refractivity contribution in [1.29, 1.82) is 0 Å². The normalized spacial score (nSPS) is 15.8. The lowest BCUT2D eigenvalue weighted by Gasteiger charge is -2.12. The summed E-state index contributed by atoms with van der Waals surface area (Å²) in [6, 6.07) is 5.96. The van der Waals surface area contributed by atoms with Crippen molar-refractivity contribution < 1.29 is 9.90 Å². The Balaban J connectivity index is 1.91. The number of aryl methyl sites for hydroxylation is 2. The van der Waals surface area contributed by atoms with E-state index in [9.17, 15) is 9.90 Å². The van der Waals surface area contributed by atoms with Crippen LogP contribution in [0.4, 0.5) is 0 Å². The summed E-state index contributed by atoms with van der Waals surface area (Å²) in [7, 11) is 0. The van der Waals surface area contributed by atoms with Gasteiger partial charge in [0.05, 0.1) is 6.10 Å². The van der Waals surface area contributed by atoms with E-state index in [4.69, 9.17) is 0 Å². The van der Waals surface area contributed by atoms with Gasteiger partial charge in [-0.1, -0.05) is 18.2 Å². The van der Waals surface area contributed by atoms with E-state index in [1.165, 1.54) is 11.1 Å². The zero-order valence-corrected chi connectivity index (χ0v) is 10.4. The Morgan fingerprint density at radius 3 is 2.65 bits per heavy atom. The van der Waals surface area contributed by atoms with Gasteiger partial charge < -0.3 is 10.0 Å². The van der Waals surface area contributed by atoms with Crippen molar-refractivity contribution >= 4 is 5.91 Å². The highest BCUT2D eigenvalue weighted by atomic mass is 16.3. The van der Waals surface area contributed by atoms with E-state index in [2.05, 4.69) is 6.92 Å². The van der Waals surface area contributed by atoms with Gasteiger partial charge in [-0.2, -0.15) is 0 Å². The molecule has 3 nitrogen and oxygen atoms in total. The van der Waals surface area contributed by atoms with Crippen LogP contribution in [0.3, 0.4) is 0 Å². The summed E-state index contributed by atoms with van der Waals surface area (Å²) in [4.78, 5) is 13.3. The summed E-state index contributed by atoms with van der Waals surface area (Å²) in [5.74, 6) is 0.160. The highest BCUT2D eigenvalue weighted by Gasteiger charge is 2.24. The van der Waals surface area contributed by atoms with Crippen molar-refractivity contribution in [2.24, 2.45) is 0 Å². The highest BCUT2D eigenvalue weighted by molar-refractivity contribution is 5.78. The maximum absolute atomic E-state index is 11.5. The lowest BCUT2D eigenvalue weighted by molar-refractivity contribution is -0.126. The molecule has 1 amide bonds. The molecule has 1 heterocycles. The van der Waals surface area contributed by atoms with Crippen LogP contribution in [0.5, 0.6) is 0 Å². The molecule has 1 fully saturated rings. The van der Waals surface area contributed by atoms with Crippen molar-refractivity contribution in [3.05, 3.63) is 34.9 Å². The summed E-state index contributed by atoms with van der Waals surface area (Å²) in [5.41, 5.74) is 3.31. The molecule has 0 aliphatic carbocycles. The molecule has 1 atom stereocenters. The molecular weight excluding hydrogens is 214 g/mol. The van der Waals surface area contributed by atoms with Crippen LogP contribution >= 0.6 is 0 Å². The number of benzene rings is 1. The zero-order valence-electron chi connectivity index (χ0n) is 10.4. The molecule has 3 heteroatoms. The predicted molar refractivity (Wildman–Crippen MR) is 66.7 cm³/mol. The van der Waals surface area contributed by atoms with Crippen LogP contribution < -0.4 is 0 Å². The van der Waals surface area contributed by atoms with Gasteiger partial charge in [-0.25, -0.2) is 0 Å². The van der Waals surface area contributed by atoms with Crippen molar-refractivity contribution in [1.82, 2.24) is 4.90 Å². The second kappa shape index (κ2) is 4.88. The Morgan fingerprint density at radius 2 is 2.06 bits per heavy atom. The van der Waals surface area contributed by atoms with Gasteiger partial charge in [0.15, 0.2) is 0 Å². The standard InChI is InChI=1S/C14H19NO2/c1-10-3-4-12(9-11(10)2)13(16)5-6-14(17)15-7-8-15/h3-4,9,13,16H,5-8H2,1-2H3. The van der Waals surface area contributed by atoms with Gasteiger partial charge in [-0.15, -0.1) is 0 Å². The predicted octanol–water partition coefficient (Wildman–Crippen LogP) is 1.96. The molecule has 0 aromatic heterocycles. The number of aliphatic hydroxyl groups excluding tert-OH is 1. The van der Waals surface area contributed by atoms with Crippen LogP contribution in [0.2, 0.25) is 0 Å². The van der Waals surface area contributed by atoms with Gasteiger partial charge >= 0.3 is 0 Å². The second-order valence-corrected chi connectivity index (χ2v) is 4.78. The fraction of sp³-hybridized carbons (Fsp3) is 0.500. The SMILES string of the molecule is Cc1ccc(C(O)CCC(=O)N2CC2)cc1C. The Morgan fingerprint density at radius 1 is 1.35 bits per heavy atom. The fourth-order valence-electron chi connectivity index (χ4n) is 1.86. The van der Waals surface area contributed by atoms with Gasteiger partial charge in [0, 0.05) is 19.5 Å². The zero-order chi connectivity index (χ0) is 12.4. The molecular formula is C14H19NO2. The lowest BCUT2D eigenvalue weighted by Crippen LogP contribution is -2.11. The largest absolute Gasteiger partial charge is 0.388 e. The summed E-state index contributed by atoms with van der Waals surface area (Å²) in [5, 5.41) is 10.0. The molecule has 2 rings (SSSR count). The monoisotopic (exact) mass is 233 g/mol. The van der Waals surface area contributed by atoms with Gasteiger partial charge in [-0.05, 0) is 37.0 Å². The minimum Gasteiger partial charge on any atom is -0.388 e. The number of hydrogen-bond acceptors (Lipinski definition) is 2. The molecule has 1 aromatic carbocycles. The third-order valence-corrected chi connectivity index (χ3v) is 3.35. The molecule has 0 bridgehead atoms. The maximum atomic E-state index is 11.5. The molecule has 1 aliphatic heterocycles. The molecule has 0 radical (unpaired) electrons. The Labute approximate surface area is 102 Å². The number of nitrogens with zero attached hydrogens (tertiary/aromatic N) is 1. The lowest BCUT2D eigenvalue weighted by atomic mass is 10.00. The molecule has 1 unspecified atom stereocenters. The smallest absolute Gasteiger partial charge is 0.222 e. The Bertz CT molecular complexity index is 424. The van der Waals surface area contributed by atoms with E-state index in [0.717, 1.165) is 18.7 Å². The average Bonchev–Trinajstić information content (AvgIpc) is 3.13.